The van der Waals surface area contributed by atoms with Crippen LogP contribution in [0.25, 0.3) is 0 Å². The van der Waals surface area contributed by atoms with Gasteiger partial charge in [-0.25, -0.2) is 0 Å². The molecule has 0 aliphatic carbocycles. The lowest BCUT2D eigenvalue weighted by molar-refractivity contribution is -0.384. The number of benzene rings is 2. The van der Waals surface area contributed by atoms with Crippen molar-refractivity contribution < 1.29 is 19.2 Å². The van der Waals surface area contributed by atoms with Crippen LogP contribution in [0.5, 0.6) is 5.75 Å². The molecular formula is C24H31N3O5. The van der Waals surface area contributed by atoms with E-state index in [1.54, 1.807) is 33.3 Å². The number of hydrogen-bond donors (Lipinski definition) is 0. The van der Waals surface area contributed by atoms with Crippen LogP contribution in [0.15, 0.2) is 48.5 Å². The number of non-ortho nitro benzene ring substituents is 1. The van der Waals surface area contributed by atoms with Crippen LogP contribution in [-0.2, 0) is 16.1 Å². The summed E-state index contributed by atoms with van der Waals surface area (Å²) in [7, 11) is 3.31. The van der Waals surface area contributed by atoms with Gasteiger partial charge in [0.05, 0.1) is 18.6 Å². The minimum atomic E-state index is -0.385. The van der Waals surface area contributed by atoms with Gasteiger partial charge in [0.1, 0.15) is 5.75 Å². The largest absolute Gasteiger partial charge is 0.496 e. The number of ether oxygens (including phenoxy) is 2. The molecule has 2 aromatic carbocycles. The number of likely N-dealkylation sites (tertiary alicyclic amines) is 1. The third-order valence-corrected chi connectivity index (χ3v) is 6.07. The van der Waals surface area contributed by atoms with Crippen LogP contribution < -0.4 is 4.74 Å². The van der Waals surface area contributed by atoms with Crippen molar-refractivity contribution in [3.8, 4) is 5.75 Å². The Morgan fingerprint density at radius 1 is 1.16 bits per heavy atom. The highest BCUT2D eigenvalue weighted by Crippen LogP contribution is 2.38. The molecule has 0 saturated carbocycles. The zero-order valence-electron chi connectivity index (χ0n) is 18.9. The van der Waals surface area contributed by atoms with E-state index in [1.165, 1.54) is 0 Å². The van der Waals surface area contributed by atoms with Crippen molar-refractivity contribution in [2.24, 2.45) is 5.92 Å². The van der Waals surface area contributed by atoms with E-state index in [0.717, 1.165) is 30.0 Å². The molecule has 1 heterocycles. The molecule has 0 spiro atoms. The summed E-state index contributed by atoms with van der Waals surface area (Å²) >= 11 is 0. The molecule has 0 radical (unpaired) electrons. The Morgan fingerprint density at radius 2 is 1.88 bits per heavy atom. The maximum atomic E-state index is 12.2. The number of nitro benzene ring substituents is 1. The first-order chi connectivity index (χ1) is 15.4. The molecule has 8 nitrogen and oxygen atoms in total. The summed E-state index contributed by atoms with van der Waals surface area (Å²) in [5.41, 5.74) is 2.26. The first-order valence-corrected chi connectivity index (χ1v) is 10.8. The summed E-state index contributed by atoms with van der Waals surface area (Å²) in [5.74, 6) is 1.32. The van der Waals surface area contributed by atoms with Crippen molar-refractivity contribution in [2.75, 3.05) is 47.0 Å². The topological polar surface area (TPSA) is 85.2 Å². The quantitative estimate of drug-likeness (QED) is 0.415. The van der Waals surface area contributed by atoms with E-state index in [1.807, 2.05) is 35.2 Å². The average Bonchev–Trinajstić information content (AvgIpc) is 3.18. The fourth-order valence-corrected chi connectivity index (χ4v) is 4.44. The minimum absolute atomic E-state index is 0.0367. The van der Waals surface area contributed by atoms with E-state index >= 15 is 0 Å². The molecule has 1 aliphatic rings. The Hall–Kier alpha value is -2.97. The van der Waals surface area contributed by atoms with Gasteiger partial charge in [-0.15, -0.1) is 0 Å². The van der Waals surface area contributed by atoms with Crippen LogP contribution >= 0.6 is 0 Å². The van der Waals surface area contributed by atoms with Gasteiger partial charge in [0.2, 0.25) is 5.91 Å². The first-order valence-electron chi connectivity index (χ1n) is 10.8. The highest BCUT2D eigenvalue weighted by molar-refractivity contribution is 5.73. The molecule has 3 rings (SSSR count). The molecule has 1 fully saturated rings. The van der Waals surface area contributed by atoms with Gasteiger partial charge < -0.3 is 14.4 Å². The second kappa shape index (κ2) is 11.1. The zero-order chi connectivity index (χ0) is 23.1. The Morgan fingerprint density at radius 3 is 2.50 bits per heavy atom. The molecule has 1 aliphatic heterocycles. The van der Waals surface area contributed by atoms with Crippen molar-refractivity contribution in [3.63, 3.8) is 0 Å². The van der Waals surface area contributed by atoms with Crippen LogP contribution in [0.3, 0.4) is 0 Å². The summed E-state index contributed by atoms with van der Waals surface area (Å²) in [4.78, 5) is 27.0. The number of carbonyl (C=O) groups excluding carboxylic acids is 1. The number of amides is 1. The lowest BCUT2D eigenvalue weighted by Gasteiger charge is -2.28. The summed E-state index contributed by atoms with van der Waals surface area (Å²) in [6.07, 6.45) is 0. The number of carbonyl (C=O) groups is 1. The summed E-state index contributed by atoms with van der Waals surface area (Å²) in [5, 5.41) is 10.9. The normalized spacial score (nSPS) is 18.5. The molecule has 2 unspecified atom stereocenters. The van der Waals surface area contributed by atoms with Crippen molar-refractivity contribution in [2.45, 2.75) is 19.4 Å². The second-order valence-corrected chi connectivity index (χ2v) is 8.18. The number of rotatable bonds is 10. The van der Waals surface area contributed by atoms with Gasteiger partial charge >= 0.3 is 0 Å². The van der Waals surface area contributed by atoms with Gasteiger partial charge in [-0.3, -0.25) is 19.8 Å². The SMILES string of the molecule is COCCN(CC1CN(Cc2ccc([N+](=O)[O-])cc2)CC1c1ccccc1OC)C(C)=O. The summed E-state index contributed by atoms with van der Waals surface area (Å²) in [6.45, 7) is 5.61. The number of nitro groups is 1. The molecule has 0 bridgehead atoms. The van der Waals surface area contributed by atoms with Crippen molar-refractivity contribution in [1.82, 2.24) is 9.80 Å². The molecule has 0 N–H and O–H groups in total. The number of hydrogen-bond acceptors (Lipinski definition) is 6. The number of para-hydroxylation sites is 1. The van der Waals surface area contributed by atoms with Gasteiger partial charge in [-0.1, -0.05) is 30.3 Å². The Kier molecular flexibility index (Phi) is 8.19. The zero-order valence-corrected chi connectivity index (χ0v) is 18.9. The van der Waals surface area contributed by atoms with Gasteiger partial charge in [0.25, 0.3) is 5.69 Å². The molecule has 1 amide bonds. The minimum Gasteiger partial charge on any atom is -0.496 e. The Labute approximate surface area is 188 Å². The summed E-state index contributed by atoms with van der Waals surface area (Å²) < 4.78 is 10.8. The van der Waals surface area contributed by atoms with E-state index < -0.39 is 0 Å². The van der Waals surface area contributed by atoms with E-state index in [9.17, 15) is 14.9 Å². The highest BCUT2D eigenvalue weighted by Gasteiger charge is 2.36. The maximum Gasteiger partial charge on any atom is 0.269 e. The predicted molar refractivity (Wildman–Crippen MR) is 122 cm³/mol. The second-order valence-electron chi connectivity index (χ2n) is 8.18. The standard InChI is InChI=1S/C24H31N3O5/c1-18(28)26(12-13-31-2)16-20-15-25(14-19-8-10-21(11-9-19)27(29)30)17-23(20)22-6-4-5-7-24(22)32-3/h4-11,20,23H,12-17H2,1-3H3. The molecule has 8 heteroatoms. The number of nitrogens with zero attached hydrogens (tertiary/aromatic N) is 3. The fourth-order valence-electron chi connectivity index (χ4n) is 4.44. The lowest BCUT2D eigenvalue weighted by atomic mass is 9.88. The maximum absolute atomic E-state index is 12.2. The molecule has 172 valence electrons. The van der Waals surface area contributed by atoms with Crippen molar-refractivity contribution >= 4 is 11.6 Å². The molecule has 2 aromatic rings. The van der Waals surface area contributed by atoms with Gasteiger partial charge in [0.15, 0.2) is 0 Å². The van der Waals surface area contributed by atoms with Crippen LogP contribution in [-0.4, -0.2) is 67.6 Å². The van der Waals surface area contributed by atoms with E-state index in [0.29, 0.717) is 26.2 Å². The molecular weight excluding hydrogens is 410 g/mol. The molecule has 32 heavy (non-hydrogen) atoms. The molecule has 1 saturated heterocycles. The molecule has 0 aromatic heterocycles. The van der Waals surface area contributed by atoms with Crippen LogP contribution in [0.1, 0.15) is 24.0 Å². The lowest BCUT2D eigenvalue weighted by Crippen LogP contribution is -2.38. The van der Waals surface area contributed by atoms with E-state index in [4.69, 9.17) is 9.47 Å². The first kappa shape index (κ1) is 23.7. The average molecular weight is 442 g/mol. The highest BCUT2D eigenvalue weighted by atomic mass is 16.6. The van der Waals surface area contributed by atoms with Gasteiger partial charge in [-0.2, -0.15) is 0 Å². The van der Waals surface area contributed by atoms with Gasteiger partial charge in [-0.05, 0) is 23.1 Å². The third kappa shape index (κ3) is 5.83. The fraction of sp³-hybridized carbons (Fsp3) is 0.458. The number of methoxy groups -OCH3 is 2. The Bertz CT molecular complexity index is 918. The predicted octanol–water partition coefficient (Wildman–Crippen LogP) is 3.31. The van der Waals surface area contributed by atoms with Crippen molar-refractivity contribution in [1.29, 1.82) is 0 Å². The monoisotopic (exact) mass is 441 g/mol. The van der Waals surface area contributed by atoms with Crippen LogP contribution in [0.2, 0.25) is 0 Å². The van der Waals surface area contributed by atoms with Crippen LogP contribution in [0, 0.1) is 16.0 Å². The van der Waals surface area contributed by atoms with Gasteiger partial charge in [0, 0.05) is 64.8 Å². The van der Waals surface area contributed by atoms with E-state index in [2.05, 4.69) is 11.0 Å². The summed E-state index contributed by atoms with van der Waals surface area (Å²) in [6, 6.07) is 14.8. The smallest absolute Gasteiger partial charge is 0.269 e. The Balaban J connectivity index is 1.81. The molecule has 2 atom stereocenters. The van der Waals surface area contributed by atoms with E-state index in [-0.39, 0.29) is 28.4 Å². The third-order valence-electron chi connectivity index (χ3n) is 6.07. The van der Waals surface area contributed by atoms with Crippen LogP contribution in [0.4, 0.5) is 5.69 Å². The van der Waals surface area contributed by atoms with Crippen molar-refractivity contribution in [3.05, 3.63) is 69.8 Å².